The first-order valence-electron chi connectivity index (χ1n) is 4.18. The van der Waals surface area contributed by atoms with Gasteiger partial charge in [-0.05, 0) is 19.5 Å². The zero-order chi connectivity index (χ0) is 8.65. The Kier molecular flexibility index (Phi) is 4.33. The van der Waals surface area contributed by atoms with E-state index in [4.69, 9.17) is 5.73 Å². The van der Waals surface area contributed by atoms with Gasteiger partial charge in [-0.25, -0.2) is 4.98 Å². The summed E-state index contributed by atoms with van der Waals surface area (Å²) >= 11 is 0. The van der Waals surface area contributed by atoms with E-state index < -0.39 is 0 Å². The molecule has 0 aliphatic heterocycles. The van der Waals surface area contributed by atoms with E-state index in [-0.39, 0.29) is 0 Å². The molecule has 0 amide bonds. The summed E-state index contributed by atoms with van der Waals surface area (Å²) in [6.07, 6.45) is 3.44. The van der Waals surface area contributed by atoms with Crippen molar-refractivity contribution in [2.45, 2.75) is 12.8 Å². The number of aromatic amines is 1. The van der Waals surface area contributed by atoms with Crippen molar-refractivity contribution in [2.75, 3.05) is 19.6 Å². The normalized spacial score (nSPS) is 10.4. The lowest BCUT2D eigenvalue weighted by atomic mass is 10.4. The SMILES string of the molecule is NCCCNCCc1ncn[nH]1. The molecule has 0 saturated carbocycles. The van der Waals surface area contributed by atoms with Crippen LogP contribution in [-0.4, -0.2) is 34.8 Å². The summed E-state index contributed by atoms with van der Waals surface area (Å²) in [5.41, 5.74) is 5.34. The molecule has 0 radical (unpaired) electrons. The van der Waals surface area contributed by atoms with Gasteiger partial charge in [-0.1, -0.05) is 0 Å². The molecular weight excluding hydrogens is 154 g/mol. The molecule has 0 fully saturated rings. The molecule has 5 heteroatoms. The number of nitrogens with two attached hydrogens (primary N) is 1. The summed E-state index contributed by atoms with van der Waals surface area (Å²) < 4.78 is 0. The van der Waals surface area contributed by atoms with Gasteiger partial charge < -0.3 is 11.1 Å². The van der Waals surface area contributed by atoms with Crippen LogP contribution in [0.5, 0.6) is 0 Å². The van der Waals surface area contributed by atoms with Crippen LogP contribution < -0.4 is 11.1 Å². The van der Waals surface area contributed by atoms with Gasteiger partial charge in [0.2, 0.25) is 0 Å². The quantitative estimate of drug-likeness (QED) is 0.491. The van der Waals surface area contributed by atoms with Gasteiger partial charge in [0.25, 0.3) is 0 Å². The number of nitrogens with one attached hydrogen (secondary N) is 2. The third-order valence-electron chi connectivity index (χ3n) is 1.56. The van der Waals surface area contributed by atoms with Gasteiger partial charge in [0.05, 0.1) is 0 Å². The van der Waals surface area contributed by atoms with Gasteiger partial charge in [-0.15, -0.1) is 0 Å². The minimum Gasteiger partial charge on any atom is -0.330 e. The minimum absolute atomic E-state index is 0.745. The monoisotopic (exact) mass is 169 g/mol. The fourth-order valence-electron chi connectivity index (χ4n) is 0.910. The van der Waals surface area contributed by atoms with Crippen molar-refractivity contribution in [3.8, 4) is 0 Å². The number of hydrogen-bond acceptors (Lipinski definition) is 4. The number of rotatable bonds is 6. The zero-order valence-electron chi connectivity index (χ0n) is 7.08. The first-order chi connectivity index (χ1) is 5.93. The molecule has 1 aromatic rings. The summed E-state index contributed by atoms with van der Waals surface area (Å²) in [7, 11) is 0. The van der Waals surface area contributed by atoms with Crippen LogP contribution in [0.25, 0.3) is 0 Å². The van der Waals surface area contributed by atoms with E-state index in [1.807, 2.05) is 0 Å². The van der Waals surface area contributed by atoms with Gasteiger partial charge in [0.1, 0.15) is 12.2 Å². The Labute approximate surface area is 71.8 Å². The lowest BCUT2D eigenvalue weighted by Gasteiger charge is -2.00. The maximum atomic E-state index is 5.34. The fraction of sp³-hybridized carbons (Fsp3) is 0.714. The van der Waals surface area contributed by atoms with E-state index in [0.29, 0.717) is 0 Å². The molecule has 1 aromatic heterocycles. The highest BCUT2D eigenvalue weighted by atomic mass is 15.2. The molecule has 12 heavy (non-hydrogen) atoms. The van der Waals surface area contributed by atoms with E-state index >= 15 is 0 Å². The second-order valence-corrected chi connectivity index (χ2v) is 2.57. The average molecular weight is 169 g/mol. The predicted octanol–water partition coefficient (Wildman–Crippen LogP) is -0.714. The lowest BCUT2D eigenvalue weighted by Crippen LogP contribution is -2.21. The number of nitrogens with zero attached hydrogens (tertiary/aromatic N) is 2. The summed E-state index contributed by atoms with van der Waals surface area (Å²) in [6, 6.07) is 0. The summed E-state index contributed by atoms with van der Waals surface area (Å²) in [4.78, 5) is 4.00. The Morgan fingerprint density at radius 3 is 3.08 bits per heavy atom. The molecule has 4 N–H and O–H groups in total. The molecule has 0 spiro atoms. The van der Waals surface area contributed by atoms with Gasteiger partial charge >= 0.3 is 0 Å². The molecule has 0 saturated heterocycles. The standard InChI is InChI=1S/C7H15N5/c8-3-1-4-9-5-2-7-10-6-11-12-7/h6,9H,1-5,8H2,(H,10,11,12). The topological polar surface area (TPSA) is 79.6 Å². The largest absolute Gasteiger partial charge is 0.330 e. The van der Waals surface area contributed by atoms with Crippen LogP contribution in [0.15, 0.2) is 6.33 Å². The molecule has 0 aliphatic carbocycles. The van der Waals surface area contributed by atoms with Crippen molar-refractivity contribution in [2.24, 2.45) is 5.73 Å². The van der Waals surface area contributed by atoms with Crippen LogP contribution in [0.2, 0.25) is 0 Å². The first kappa shape index (κ1) is 9.15. The van der Waals surface area contributed by atoms with E-state index in [0.717, 1.165) is 38.3 Å². The van der Waals surface area contributed by atoms with E-state index in [2.05, 4.69) is 20.5 Å². The molecule has 5 nitrogen and oxygen atoms in total. The Morgan fingerprint density at radius 1 is 1.50 bits per heavy atom. The highest BCUT2D eigenvalue weighted by Crippen LogP contribution is 1.84. The van der Waals surface area contributed by atoms with E-state index in [1.54, 1.807) is 0 Å². The second kappa shape index (κ2) is 5.68. The molecule has 0 aromatic carbocycles. The first-order valence-corrected chi connectivity index (χ1v) is 4.18. The molecular formula is C7H15N5. The Bertz CT molecular complexity index is 184. The van der Waals surface area contributed by atoms with Crippen molar-refractivity contribution in [1.82, 2.24) is 20.5 Å². The highest BCUT2D eigenvalue weighted by Gasteiger charge is 1.93. The van der Waals surface area contributed by atoms with E-state index in [9.17, 15) is 0 Å². The minimum atomic E-state index is 0.745. The maximum absolute atomic E-state index is 5.34. The number of H-pyrrole nitrogens is 1. The Hall–Kier alpha value is -0.940. The molecule has 0 atom stereocenters. The number of hydrogen-bond donors (Lipinski definition) is 3. The predicted molar refractivity (Wildman–Crippen MR) is 46.6 cm³/mol. The molecule has 68 valence electrons. The van der Waals surface area contributed by atoms with Crippen LogP contribution in [0.4, 0.5) is 0 Å². The van der Waals surface area contributed by atoms with E-state index in [1.165, 1.54) is 6.33 Å². The van der Waals surface area contributed by atoms with Gasteiger partial charge in [-0.2, -0.15) is 5.10 Å². The number of aromatic nitrogens is 3. The highest BCUT2D eigenvalue weighted by molar-refractivity contribution is 4.80. The third kappa shape index (κ3) is 3.45. The molecule has 1 heterocycles. The maximum Gasteiger partial charge on any atom is 0.137 e. The van der Waals surface area contributed by atoms with Crippen molar-refractivity contribution in [3.05, 3.63) is 12.2 Å². The van der Waals surface area contributed by atoms with Crippen LogP contribution >= 0.6 is 0 Å². The second-order valence-electron chi connectivity index (χ2n) is 2.57. The van der Waals surface area contributed by atoms with Crippen molar-refractivity contribution >= 4 is 0 Å². The average Bonchev–Trinajstić information content (AvgIpc) is 2.57. The van der Waals surface area contributed by atoms with Crippen molar-refractivity contribution < 1.29 is 0 Å². The smallest absolute Gasteiger partial charge is 0.137 e. The van der Waals surface area contributed by atoms with Gasteiger partial charge in [0, 0.05) is 13.0 Å². The van der Waals surface area contributed by atoms with Crippen LogP contribution in [0.1, 0.15) is 12.2 Å². The van der Waals surface area contributed by atoms with Crippen LogP contribution in [0.3, 0.4) is 0 Å². The molecule has 1 rings (SSSR count). The van der Waals surface area contributed by atoms with Crippen molar-refractivity contribution in [1.29, 1.82) is 0 Å². The van der Waals surface area contributed by atoms with Gasteiger partial charge in [-0.3, -0.25) is 5.10 Å². The fourth-order valence-corrected chi connectivity index (χ4v) is 0.910. The molecule has 0 unspecified atom stereocenters. The Balaban J connectivity index is 1.96. The van der Waals surface area contributed by atoms with Gasteiger partial charge in [0.15, 0.2) is 0 Å². The molecule has 0 bridgehead atoms. The van der Waals surface area contributed by atoms with Crippen molar-refractivity contribution in [3.63, 3.8) is 0 Å². The lowest BCUT2D eigenvalue weighted by molar-refractivity contribution is 0.643. The van der Waals surface area contributed by atoms with Crippen LogP contribution in [-0.2, 0) is 6.42 Å². The summed E-state index contributed by atoms with van der Waals surface area (Å²) in [5.74, 6) is 0.926. The van der Waals surface area contributed by atoms with Crippen LogP contribution in [0, 0.1) is 0 Å². The summed E-state index contributed by atoms with van der Waals surface area (Å²) in [5, 5.41) is 9.81. The Morgan fingerprint density at radius 2 is 2.42 bits per heavy atom. The summed E-state index contributed by atoms with van der Waals surface area (Å²) in [6.45, 7) is 2.65. The third-order valence-corrected chi connectivity index (χ3v) is 1.56. The zero-order valence-corrected chi connectivity index (χ0v) is 7.08. The molecule has 0 aliphatic rings.